The second kappa shape index (κ2) is 3.59. The highest BCUT2D eigenvalue weighted by Crippen LogP contribution is 2.29. The quantitative estimate of drug-likeness (QED) is 0.782. The average molecular weight is 218 g/mol. The van der Waals surface area contributed by atoms with Gasteiger partial charge in [-0.3, -0.25) is 0 Å². The number of fused-ring (bicyclic) bond motifs is 3. The zero-order chi connectivity index (χ0) is 11.1. The molecule has 1 aromatic heterocycles. The molecule has 2 nitrogen and oxygen atoms in total. The van der Waals surface area contributed by atoms with Crippen molar-refractivity contribution in [2.45, 2.75) is 19.4 Å². The zero-order valence-corrected chi connectivity index (χ0v) is 9.12. The number of aryl methyl sites for hydroxylation is 1. The van der Waals surface area contributed by atoms with Gasteiger partial charge in [-0.2, -0.15) is 0 Å². The molecule has 0 radical (unpaired) electrons. The minimum absolute atomic E-state index is 0.124. The molecule has 0 bridgehead atoms. The number of halogens is 1. The molecular weight excluding hydrogens is 203 g/mol. The average Bonchev–Trinajstić information content (AvgIpc) is 2.67. The molecule has 1 atom stereocenters. The number of nitrogens with zero attached hydrogens (tertiary/aromatic N) is 1. The van der Waals surface area contributed by atoms with Gasteiger partial charge in [-0.25, -0.2) is 4.39 Å². The zero-order valence-electron chi connectivity index (χ0n) is 9.12. The first-order chi connectivity index (χ1) is 7.79. The third-order valence-electron chi connectivity index (χ3n) is 3.54. The predicted octanol–water partition coefficient (Wildman–Crippen LogP) is 2.30. The largest absolute Gasteiger partial charge is 0.342 e. The summed E-state index contributed by atoms with van der Waals surface area (Å²) in [6.45, 7) is 1.55. The maximum absolute atomic E-state index is 13.8. The highest BCUT2D eigenvalue weighted by atomic mass is 19.1. The van der Waals surface area contributed by atoms with Crippen LogP contribution in [0.5, 0.6) is 0 Å². The minimum atomic E-state index is -0.124. The molecule has 0 saturated carbocycles. The van der Waals surface area contributed by atoms with Gasteiger partial charge in [0.25, 0.3) is 0 Å². The van der Waals surface area contributed by atoms with E-state index in [1.807, 2.05) is 6.07 Å². The Balaban J connectivity index is 2.19. The van der Waals surface area contributed by atoms with Crippen LogP contribution in [0.25, 0.3) is 10.9 Å². The van der Waals surface area contributed by atoms with Crippen LogP contribution in [0.1, 0.15) is 12.1 Å². The molecule has 3 rings (SSSR count). The van der Waals surface area contributed by atoms with E-state index in [9.17, 15) is 4.39 Å². The van der Waals surface area contributed by atoms with Crippen LogP contribution < -0.4 is 5.73 Å². The first-order valence-electron chi connectivity index (χ1n) is 5.76. The Kier molecular flexibility index (Phi) is 2.21. The van der Waals surface area contributed by atoms with Crippen LogP contribution >= 0.6 is 0 Å². The fourth-order valence-electron chi connectivity index (χ4n) is 2.64. The lowest BCUT2D eigenvalue weighted by molar-refractivity contribution is 0.383. The molecule has 1 aromatic carbocycles. The molecule has 0 fully saturated rings. The van der Waals surface area contributed by atoms with E-state index in [4.69, 9.17) is 5.73 Å². The lowest BCUT2D eigenvalue weighted by Gasteiger charge is -2.24. The SMILES string of the molecule is NCC1CCc2cc3cccc(F)c3n2C1. The molecule has 0 spiro atoms. The first kappa shape index (κ1) is 9.85. The van der Waals surface area contributed by atoms with Crippen molar-refractivity contribution < 1.29 is 4.39 Å². The predicted molar refractivity (Wildman–Crippen MR) is 62.8 cm³/mol. The van der Waals surface area contributed by atoms with Crippen molar-refractivity contribution in [2.75, 3.05) is 6.54 Å². The molecule has 1 aliphatic heterocycles. The fourth-order valence-corrected chi connectivity index (χ4v) is 2.64. The number of nitrogens with two attached hydrogens (primary N) is 1. The van der Waals surface area contributed by atoms with Gasteiger partial charge >= 0.3 is 0 Å². The maximum atomic E-state index is 13.8. The molecule has 1 unspecified atom stereocenters. The van der Waals surface area contributed by atoms with E-state index < -0.39 is 0 Å². The Morgan fingerprint density at radius 3 is 3.12 bits per heavy atom. The monoisotopic (exact) mass is 218 g/mol. The molecule has 0 aliphatic carbocycles. The molecule has 84 valence electrons. The molecule has 16 heavy (non-hydrogen) atoms. The summed E-state index contributed by atoms with van der Waals surface area (Å²) >= 11 is 0. The van der Waals surface area contributed by atoms with Crippen LogP contribution in [0, 0.1) is 11.7 Å². The minimum Gasteiger partial charge on any atom is -0.342 e. The maximum Gasteiger partial charge on any atom is 0.147 e. The number of aromatic nitrogens is 1. The van der Waals surface area contributed by atoms with Gasteiger partial charge in [0.2, 0.25) is 0 Å². The van der Waals surface area contributed by atoms with E-state index >= 15 is 0 Å². The second-order valence-corrected chi connectivity index (χ2v) is 4.56. The molecule has 1 aliphatic rings. The topological polar surface area (TPSA) is 30.9 Å². The van der Waals surface area contributed by atoms with Gasteiger partial charge in [0.05, 0.1) is 5.52 Å². The highest BCUT2D eigenvalue weighted by molar-refractivity contribution is 5.82. The number of rotatable bonds is 1. The van der Waals surface area contributed by atoms with Crippen LogP contribution in [-0.2, 0) is 13.0 Å². The first-order valence-corrected chi connectivity index (χ1v) is 5.76. The van der Waals surface area contributed by atoms with Gasteiger partial charge in [-0.05, 0) is 37.4 Å². The van der Waals surface area contributed by atoms with Crippen LogP contribution in [0.2, 0.25) is 0 Å². The van der Waals surface area contributed by atoms with Gasteiger partial charge in [0.15, 0.2) is 0 Å². The van der Waals surface area contributed by atoms with Crippen LogP contribution in [0.4, 0.5) is 4.39 Å². The normalized spacial score (nSPS) is 20.0. The summed E-state index contributed by atoms with van der Waals surface area (Å²) < 4.78 is 15.9. The van der Waals surface area contributed by atoms with E-state index in [-0.39, 0.29) is 5.82 Å². The smallest absolute Gasteiger partial charge is 0.147 e. The van der Waals surface area contributed by atoms with Crippen molar-refractivity contribution >= 4 is 10.9 Å². The van der Waals surface area contributed by atoms with Crippen molar-refractivity contribution in [1.29, 1.82) is 0 Å². The Labute approximate surface area is 93.9 Å². The third kappa shape index (κ3) is 1.35. The van der Waals surface area contributed by atoms with Crippen LogP contribution in [0.15, 0.2) is 24.3 Å². The van der Waals surface area contributed by atoms with Crippen molar-refractivity contribution in [3.63, 3.8) is 0 Å². The molecule has 2 N–H and O–H groups in total. The van der Waals surface area contributed by atoms with Gasteiger partial charge in [0, 0.05) is 17.6 Å². The summed E-state index contributed by atoms with van der Waals surface area (Å²) in [5.41, 5.74) is 7.69. The molecule has 2 heterocycles. The van der Waals surface area contributed by atoms with Crippen molar-refractivity contribution in [3.05, 3.63) is 35.8 Å². The molecule has 3 heteroatoms. The molecular formula is C13H15FN2. The number of benzene rings is 1. The van der Waals surface area contributed by atoms with E-state index in [1.54, 1.807) is 6.07 Å². The summed E-state index contributed by atoms with van der Waals surface area (Å²) in [6.07, 6.45) is 2.13. The summed E-state index contributed by atoms with van der Waals surface area (Å²) in [4.78, 5) is 0. The second-order valence-electron chi connectivity index (χ2n) is 4.56. The van der Waals surface area contributed by atoms with E-state index in [2.05, 4.69) is 10.6 Å². The van der Waals surface area contributed by atoms with E-state index in [1.165, 1.54) is 11.8 Å². The number of hydrogen-bond acceptors (Lipinski definition) is 1. The third-order valence-corrected chi connectivity index (χ3v) is 3.54. The number of hydrogen-bond donors (Lipinski definition) is 1. The summed E-state index contributed by atoms with van der Waals surface area (Å²) in [7, 11) is 0. The Bertz CT molecular complexity index is 530. The van der Waals surface area contributed by atoms with Gasteiger partial charge in [-0.15, -0.1) is 0 Å². The summed E-state index contributed by atoms with van der Waals surface area (Å²) in [5, 5.41) is 1.01. The van der Waals surface area contributed by atoms with E-state index in [0.717, 1.165) is 30.3 Å². The molecule has 0 saturated heterocycles. The van der Waals surface area contributed by atoms with Crippen LogP contribution in [-0.4, -0.2) is 11.1 Å². The lowest BCUT2D eigenvalue weighted by Crippen LogP contribution is -2.26. The van der Waals surface area contributed by atoms with Crippen molar-refractivity contribution in [3.8, 4) is 0 Å². The van der Waals surface area contributed by atoms with Crippen molar-refractivity contribution in [2.24, 2.45) is 11.7 Å². The molecule has 0 amide bonds. The van der Waals surface area contributed by atoms with Gasteiger partial charge in [0.1, 0.15) is 5.82 Å². The Morgan fingerprint density at radius 2 is 2.31 bits per heavy atom. The highest BCUT2D eigenvalue weighted by Gasteiger charge is 2.20. The van der Waals surface area contributed by atoms with Crippen molar-refractivity contribution in [1.82, 2.24) is 4.57 Å². The van der Waals surface area contributed by atoms with Gasteiger partial charge < -0.3 is 10.3 Å². The Morgan fingerprint density at radius 1 is 1.44 bits per heavy atom. The van der Waals surface area contributed by atoms with E-state index in [0.29, 0.717) is 12.5 Å². The fraction of sp³-hybridized carbons (Fsp3) is 0.385. The standard InChI is InChI=1S/C13H15FN2/c14-12-3-1-2-10-6-11-5-4-9(7-15)8-16(11)13(10)12/h1-3,6,9H,4-5,7-8,15H2. The lowest BCUT2D eigenvalue weighted by atomic mass is 9.98. The number of para-hydroxylation sites is 1. The van der Waals surface area contributed by atoms with Gasteiger partial charge in [-0.1, -0.05) is 12.1 Å². The summed E-state index contributed by atoms with van der Waals surface area (Å²) in [5.74, 6) is 0.365. The van der Waals surface area contributed by atoms with Crippen LogP contribution in [0.3, 0.4) is 0 Å². The Hall–Kier alpha value is -1.35. The molecule has 2 aromatic rings. The summed E-state index contributed by atoms with van der Waals surface area (Å²) in [6, 6.07) is 7.37.